The van der Waals surface area contributed by atoms with E-state index in [0.29, 0.717) is 0 Å². The lowest BCUT2D eigenvalue weighted by molar-refractivity contribution is -0.141. The van der Waals surface area contributed by atoms with Gasteiger partial charge in [-0.1, -0.05) is 30.3 Å². The molecule has 0 fully saturated rings. The molecule has 6 nitrogen and oxygen atoms in total. The average Bonchev–Trinajstić information content (AvgIpc) is 3.00. The van der Waals surface area contributed by atoms with Crippen molar-refractivity contribution in [2.24, 2.45) is 5.10 Å². The van der Waals surface area contributed by atoms with Crippen molar-refractivity contribution in [2.45, 2.75) is 13.1 Å². The number of furan rings is 1. The minimum Gasteiger partial charge on any atom is -0.430 e. The number of hydrogen-bond donors (Lipinski definition) is 0. The first kappa shape index (κ1) is 17.0. The van der Waals surface area contributed by atoms with Crippen LogP contribution in [0, 0.1) is 6.92 Å². The molecule has 0 atom stereocenters. The lowest BCUT2D eigenvalue weighted by Crippen LogP contribution is -2.20. The van der Waals surface area contributed by atoms with E-state index in [9.17, 15) is 18.0 Å². The molecule has 0 bridgehead atoms. The number of aryl methyl sites for hydroxylation is 1. The highest BCUT2D eigenvalue weighted by Crippen LogP contribution is 2.31. The normalized spacial score (nSPS) is 12.4. The molecule has 0 spiro atoms. The van der Waals surface area contributed by atoms with Gasteiger partial charge in [0, 0.05) is 0 Å². The first-order valence-electron chi connectivity index (χ1n) is 7.84. The quantitative estimate of drug-likeness (QED) is 0.503. The summed E-state index contributed by atoms with van der Waals surface area (Å²) in [5, 5.41) is 4.34. The zero-order valence-electron chi connectivity index (χ0n) is 13.9. The van der Waals surface area contributed by atoms with Crippen LogP contribution in [-0.2, 0) is 6.18 Å². The molecule has 9 heteroatoms. The van der Waals surface area contributed by atoms with Crippen LogP contribution in [0.1, 0.15) is 17.1 Å². The van der Waals surface area contributed by atoms with E-state index in [0.717, 1.165) is 16.3 Å². The van der Waals surface area contributed by atoms with Gasteiger partial charge in [0.2, 0.25) is 11.3 Å². The van der Waals surface area contributed by atoms with Crippen LogP contribution in [-0.4, -0.2) is 20.9 Å². The maximum Gasteiger partial charge on any atom is 0.433 e. The lowest BCUT2D eigenvalue weighted by atomic mass is 10.2. The van der Waals surface area contributed by atoms with Gasteiger partial charge in [0.1, 0.15) is 17.0 Å². The van der Waals surface area contributed by atoms with Gasteiger partial charge in [-0.3, -0.25) is 4.79 Å². The maximum absolute atomic E-state index is 12.8. The Labute approximate surface area is 149 Å². The minimum atomic E-state index is -4.61. The van der Waals surface area contributed by atoms with E-state index in [-0.39, 0.29) is 28.0 Å². The largest absolute Gasteiger partial charge is 0.433 e. The summed E-state index contributed by atoms with van der Waals surface area (Å²) >= 11 is 0. The predicted octanol–water partition coefficient (Wildman–Crippen LogP) is 3.75. The van der Waals surface area contributed by atoms with Crippen molar-refractivity contribution < 1.29 is 17.6 Å². The predicted molar refractivity (Wildman–Crippen MR) is 92.7 cm³/mol. The highest BCUT2D eigenvalue weighted by Gasteiger charge is 2.33. The fourth-order valence-corrected chi connectivity index (χ4v) is 2.63. The molecule has 136 valence electrons. The Morgan fingerprint density at radius 3 is 2.56 bits per heavy atom. The fraction of sp³-hybridized carbons (Fsp3) is 0.111. The molecule has 1 aromatic carbocycles. The molecule has 4 aromatic rings. The number of aromatic nitrogens is 3. The van der Waals surface area contributed by atoms with E-state index >= 15 is 0 Å². The Morgan fingerprint density at radius 2 is 1.85 bits per heavy atom. The minimum absolute atomic E-state index is 0.153. The van der Waals surface area contributed by atoms with Crippen LogP contribution in [0.2, 0.25) is 0 Å². The average molecular weight is 372 g/mol. The number of halogens is 3. The molecule has 0 aliphatic rings. The van der Waals surface area contributed by atoms with Crippen molar-refractivity contribution >= 4 is 28.4 Å². The van der Waals surface area contributed by atoms with Crippen molar-refractivity contribution in [3.8, 4) is 0 Å². The first-order valence-corrected chi connectivity index (χ1v) is 7.84. The van der Waals surface area contributed by atoms with Crippen molar-refractivity contribution in [1.29, 1.82) is 0 Å². The highest BCUT2D eigenvalue weighted by atomic mass is 19.4. The van der Waals surface area contributed by atoms with Gasteiger partial charge in [0.05, 0.1) is 11.6 Å². The summed E-state index contributed by atoms with van der Waals surface area (Å²) in [4.78, 5) is 20.4. The number of benzene rings is 1. The Hall–Kier alpha value is -3.49. The van der Waals surface area contributed by atoms with Crippen LogP contribution < -0.4 is 5.56 Å². The Bertz CT molecular complexity index is 1240. The summed E-state index contributed by atoms with van der Waals surface area (Å²) in [6, 6.07) is 11.1. The Kier molecular flexibility index (Phi) is 3.79. The molecule has 0 N–H and O–H groups in total. The third kappa shape index (κ3) is 2.97. The number of rotatable bonds is 2. The topological polar surface area (TPSA) is 73.3 Å². The number of fused-ring (bicyclic) bond motifs is 3. The van der Waals surface area contributed by atoms with E-state index in [2.05, 4.69) is 15.1 Å². The summed E-state index contributed by atoms with van der Waals surface area (Å²) in [5.41, 5.74) is -1.31. The van der Waals surface area contributed by atoms with Crippen molar-refractivity contribution in [2.75, 3.05) is 0 Å². The third-order valence-electron chi connectivity index (χ3n) is 3.91. The summed E-state index contributed by atoms with van der Waals surface area (Å²) < 4.78 is 44.8. The van der Waals surface area contributed by atoms with E-state index in [1.807, 2.05) is 18.2 Å². The third-order valence-corrected chi connectivity index (χ3v) is 3.91. The molecule has 0 saturated carbocycles. The van der Waals surface area contributed by atoms with Crippen molar-refractivity contribution in [3.63, 3.8) is 0 Å². The molecule has 0 amide bonds. The molecule has 3 heterocycles. The van der Waals surface area contributed by atoms with Crippen molar-refractivity contribution in [3.05, 3.63) is 69.9 Å². The molecular formula is C18H11F3N4O2. The van der Waals surface area contributed by atoms with Crippen LogP contribution >= 0.6 is 0 Å². The highest BCUT2D eigenvalue weighted by molar-refractivity contribution is 6.00. The molecule has 0 aliphatic heterocycles. The van der Waals surface area contributed by atoms with Gasteiger partial charge in [-0.2, -0.15) is 22.9 Å². The zero-order chi connectivity index (χ0) is 19.2. The van der Waals surface area contributed by atoms with Crippen LogP contribution in [0.3, 0.4) is 0 Å². The number of alkyl halides is 3. The summed E-state index contributed by atoms with van der Waals surface area (Å²) in [7, 11) is 0. The molecular weight excluding hydrogens is 361 g/mol. The second kappa shape index (κ2) is 6.04. The van der Waals surface area contributed by atoms with Gasteiger partial charge in [-0.05, 0) is 24.6 Å². The van der Waals surface area contributed by atoms with Crippen LogP contribution in [0.15, 0.2) is 56.8 Å². The van der Waals surface area contributed by atoms with Crippen molar-refractivity contribution in [1.82, 2.24) is 14.6 Å². The monoisotopic (exact) mass is 372 g/mol. The van der Waals surface area contributed by atoms with Crippen LogP contribution in [0.4, 0.5) is 13.2 Å². The standard InChI is InChI=1S/C18H11F3N4O2/c1-10-23-14-12-7-8-13(18(19,20)21)24-16(12)27-15(14)17(26)25(10)22-9-11-5-3-2-4-6-11/h2-9H,1H3/b22-9+. The van der Waals surface area contributed by atoms with Crippen LogP contribution in [0.25, 0.3) is 22.2 Å². The van der Waals surface area contributed by atoms with Gasteiger partial charge < -0.3 is 4.42 Å². The first-order chi connectivity index (χ1) is 12.8. The van der Waals surface area contributed by atoms with E-state index in [1.54, 1.807) is 19.1 Å². The zero-order valence-corrected chi connectivity index (χ0v) is 13.9. The molecule has 0 saturated heterocycles. The van der Waals surface area contributed by atoms with Gasteiger partial charge in [-0.15, -0.1) is 0 Å². The number of nitrogens with zero attached hydrogens (tertiary/aromatic N) is 4. The molecule has 4 rings (SSSR count). The van der Waals surface area contributed by atoms with E-state index in [1.165, 1.54) is 12.3 Å². The molecule has 0 unspecified atom stereocenters. The lowest BCUT2D eigenvalue weighted by Gasteiger charge is -2.03. The summed E-state index contributed by atoms with van der Waals surface area (Å²) in [5.74, 6) is 0.266. The maximum atomic E-state index is 12.8. The second-order valence-corrected chi connectivity index (χ2v) is 5.76. The SMILES string of the molecule is Cc1nc2c(oc3nc(C(F)(F)F)ccc32)c(=O)n1/N=C/c1ccccc1. The van der Waals surface area contributed by atoms with Gasteiger partial charge in [0.15, 0.2) is 0 Å². The molecule has 3 aromatic heterocycles. The number of hydrogen-bond acceptors (Lipinski definition) is 5. The number of pyridine rings is 1. The molecule has 0 aliphatic carbocycles. The van der Waals surface area contributed by atoms with Gasteiger partial charge in [-0.25, -0.2) is 9.97 Å². The van der Waals surface area contributed by atoms with Gasteiger partial charge >= 0.3 is 11.7 Å². The molecule has 0 radical (unpaired) electrons. The van der Waals surface area contributed by atoms with E-state index in [4.69, 9.17) is 4.42 Å². The smallest absolute Gasteiger partial charge is 0.430 e. The fourth-order valence-electron chi connectivity index (χ4n) is 2.63. The molecule has 27 heavy (non-hydrogen) atoms. The van der Waals surface area contributed by atoms with Gasteiger partial charge in [0.25, 0.3) is 0 Å². The van der Waals surface area contributed by atoms with E-state index < -0.39 is 17.4 Å². The summed E-state index contributed by atoms with van der Waals surface area (Å²) in [6.45, 7) is 1.57. The Balaban J connectivity index is 1.89. The second-order valence-electron chi connectivity index (χ2n) is 5.76. The van der Waals surface area contributed by atoms with Crippen LogP contribution in [0.5, 0.6) is 0 Å². The summed E-state index contributed by atoms with van der Waals surface area (Å²) in [6.07, 6.45) is -3.14. The Morgan fingerprint density at radius 1 is 1.11 bits per heavy atom.